The van der Waals surface area contributed by atoms with E-state index in [-0.39, 0.29) is 29.9 Å². The first kappa shape index (κ1) is 27.2. The molecule has 12 heteroatoms. The fraction of sp³-hybridized carbons (Fsp3) is 0.500. The molecular weight excluding hydrogens is 488 g/mol. The summed E-state index contributed by atoms with van der Waals surface area (Å²) in [6.07, 6.45) is 2.80. The van der Waals surface area contributed by atoms with Gasteiger partial charge >= 0.3 is 18.0 Å². The molecular formula is C24H32N4O7S. The maximum atomic E-state index is 12.5. The molecule has 36 heavy (non-hydrogen) atoms. The fourth-order valence-corrected chi connectivity index (χ4v) is 5.41. The van der Waals surface area contributed by atoms with Gasteiger partial charge in [0.1, 0.15) is 0 Å². The van der Waals surface area contributed by atoms with Gasteiger partial charge in [0.15, 0.2) is 0 Å². The predicted molar refractivity (Wildman–Crippen MR) is 130 cm³/mol. The third-order valence-electron chi connectivity index (χ3n) is 6.57. The number of urea groups is 2. The summed E-state index contributed by atoms with van der Waals surface area (Å²) < 4.78 is 27.1. The van der Waals surface area contributed by atoms with Crippen LogP contribution in [0.25, 0.3) is 0 Å². The minimum absolute atomic E-state index is 0.0867. The van der Waals surface area contributed by atoms with Gasteiger partial charge in [-0.15, -0.1) is 0 Å². The third kappa shape index (κ3) is 6.62. The Labute approximate surface area is 210 Å². The summed E-state index contributed by atoms with van der Waals surface area (Å²) in [5, 5.41) is 14.4. The van der Waals surface area contributed by atoms with E-state index in [0.717, 1.165) is 11.1 Å². The predicted octanol–water partition coefficient (Wildman–Crippen LogP) is 2.14. The quantitative estimate of drug-likeness (QED) is 0.408. The molecule has 0 saturated heterocycles. The van der Waals surface area contributed by atoms with Gasteiger partial charge in [-0.1, -0.05) is 19.1 Å². The zero-order chi connectivity index (χ0) is 26.5. The van der Waals surface area contributed by atoms with Gasteiger partial charge < -0.3 is 15.7 Å². The highest BCUT2D eigenvalue weighted by Gasteiger charge is 2.31. The van der Waals surface area contributed by atoms with Crippen molar-refractivity contribution in [2.24, 2.45) is 5.92 Å². The third-order valence-corrected chi connectivity index (χ3v) is 7.92. The van der Waals surface area contributed by atoms with Gasteiger partial charge in [-0.05, 0) is 68.7 Å². The van der Waals surface area contributed by atoms with E-state index in [4.69, 9.17) is 5.11 Å². The Kier molecular flexibility index (Phi) is 8.72. The molecule has 5 amide bonds. The number of rotatable bonds is 8. The van der Waals surface area contributed by atoms with Crippen molar-refractivity contribution in [1.82, 2.24) is 20.3 Å². The molecule has 0 unspecified atom stereocenters. The van der Waals surface area contributed by atoms with Crippen molar-refractivity contribution in [2.45, 2.75) is 63.3 Å². The van der Waals surface area contributed by atoms with Gasteiger partial charge in [0.25, 0.3) is 15.9 Å². The van der Waals surface area contributed by atoms with Crippen molar-refractivity contribution in [1.29, 1.82) is 0 Å². The number of benzene rings is 1. The summed E-state index contributed by atoms with van der Waals surface area (Å²) in [7, 11) is -4.09. The van der Waals surface area contributed by atoms with Gasteiger partial charge in [-0.25, -0.2) is 22.7 Å². The Hall–Kier alpha value is -3.41. The number of aliphatic carboxylic acids is 1. The molecule has 0 bridgehead atoms. The topological polar surface area (TPSA) is 162 Å². The van der Waals surface area contributed by atoms with E-state index >= 15 is 0 Å². The molecule has 11 nitrogen and oxygen atoms in total. The number of hydrogen-bond acceptors (Lipinski definition) is 6. The molecule has 0 spiro atoms. The Morgan fingerprint density at radius 3 is 2.28 bits per heavy atom. The molecule has 0 aromatic heterocycles. The summed E-state index contributed by atoms with van der Waals surface area (Å²) in [5.41, 5.74) is 2.32. The number of carboxylic acids is 1. The lowest BCUT2D eigenvalue weighted by atomic mass is 9.86. The van der Waals surface area contributed by atoms with Crippen LogP contribution in [0.5, 0.6) is 0 Å². The lowest BCUT2D eigenvalue weighted by Gasteiger charge is -2.26. The highest BCUT2D eigenvalue weighted by Crippen LogP contribution is 2.24. The number of nitrogens with zero attached hydrogens (tertiary/aromatic N) is 1. The molecule has 196 valence electrons. The molecule has 1 saturated carbocycles. The normalized spacial score (nSPS) is 20.3. The van der Waals surface area contributed by atoms with E-state index in [2.05, 4.69) is 10.6 Å². The summed E-state index contributed by atoms with van der Waals surface area (Å²) >= 11 is 0. The molecule has 0 radical (unpaired) electrons. The SMILES string of the molecule is CCC1=C(C)CN(C(=O)NCCc2ccc(S(=O)(=O)NC(=O)NC3CCC(C(=O)O)CC3)cc2)C1=O. The number of carboxylic acid groups (broad SMARTS) is 1. The average molecular weight is 521 g/mol. The van der Waals surface area contributed by atoms with Crippen LogP contribution in [-0.4, -0.2) is 61.5 Å². The van der Waals surface area contributed by atoms with Gasteiger partial charge in [0.05, 0.1) is 17.4 Å². The first-order chi connectivity index (χ1) is 17.0. The number of amides is 5. The largest absolute Gasteiger partial charge is 0.481 e. The van der Waals surface area contributed by atoms with E-state index in [0.29, 0.717) is 44.1 Å². The molecule has 3 rings (SSSR count). The summed E-state index contributed by atoms with van der Waals surface area (Å²) in [6.45, 7) is 4.26. The maximum Gasteiger partial charge on any atom is 0.328 e. The number of imide groups is 1. The van der Waals surface area contributed by atoms with E-state index in [1.165, 1.54) is 17.0 Å². The molecule has 1 fully saturated rings. The van der Waals surface area contributed by atoms with E-state index < -0.39 is 34.0 Å². The van der Waals surface area contributed by atoms with Crippen LogP contribution in [-0.2, 0) is 26.0 Å². The van der Waals surface area contributed by atoms with Gasteiger partial charge in [0.2, 0.25) is 0 Å². The smallest absolute Gasteiger partial charge is 0.328 e. The molecule has 4 N–H and O–H groups in total. The van der Waals surface area contributed by atoms with E-state index in [1.807, 2.05) is 18.6 Å². The lowest BCUT2D eigenvalue weighted by molar-refractivity contribution is -0.142. The van der Waals surface area contributed by atoms with Crippen LogP contribution in [0.2, 0.25) is 0 Å². The number of carbonyl (C=O) groups is 4. The molecule has 1 heterocycles. The zero-order valence-corrected chi connectivity index (χ0v) is 21.2. The van der Waals surface area contributed by atoms with Crippen LogP contribution >= 0.6 is 0 Å². The summed E-state index contributed by atoms with van der Waals surface area (Å²) in [6, 6.07) is 4.33. The molecule has 2 aliphatic rings. The molecule has 1 aliphatic heterocycles. The summed E-state index contributed by atoms with van der Waals surface area (Å²) in [5.74, 6) is -1.56. The van der Waals surface area contributed by atoms with Crippen LogP contribution in [0.4, 0.5) is 9.59 Å². The van der Waals surface area contributed by atoms with Gasteiger partial charge in [0, 0.05) is 18.2 Å². The Balaban J connectivity index is 1.45. The first-order valence-corrected chi connectivity index (χ1v) is 13.4. The molecule has 1 aromatic carbocycles. The van der Waals surface area contributed by atoms with Crippen LogP contribution in [0.15, 0.2) is 40.3 Å². The Morgan fingerprint density at radius 2 is 1.72 bits per heavy atom. The maximum absolute atomic E-state index is 12.5. The van der Waals surface area contributed by atoms with Crippen molar-refractivity contribution >= 4 is 34.0 Å². The van der Waals surface area contributed by atoms with Crippen molar-refractivity contribution in [3.8, 4) is 0 Å². The van der Waals surface area contributed by atoms with E-state index in [1.54, 1.807) is 12.1 Å². The Morgan fingerprint density at radius 1 is 1.08 bits per heavy atom. The second kappa shape index (κ2) is 11.5. The first-order valence-electron chi connectivity index (χ1n) is 11.9. The second-order valence-corrected chi connectivity index (χ2v) is 10.8. The molecule has 1 aliphatic carbocycles. The monoisotopic (exact) mass is 520 g/mol. The van der Waals surface area contributed by atoms with Crippen LogP contribution in [0.1, 0.15) is 51.5 Å². The number of hydrogen-bond donors (Lipinski definition) is 4. The summed E-state index contributed by atoms with van der Waals surface area (Å²) in [4.78, 5) is 48.9. The molecule has 1 aromatic rings. The van der Waals surface area contributed by atoms with Gasteiger partial charge in [-0.2, -0.15) is 0 Å². The highest BCUT2D eigenvalue weighted by atomic mass is 32.2. The number of sulfonamides is 1. The van der Waals surface area contributed by atoms with Crippen LogP contribution < -0.4 is 15.4 Å². The second-order valence-electron chi connectivity index (χ2n) is 9.10. The standard InChI is InChI=1S/C24H32N4O7S/c1-3-20-15(2)14-28(21(20)29)24(33)25-13-12-16-4-10-19(11-5-16)36(34,35)27-23(32)26-18-8-6-17(7-9-18)22(30)31/h4-5,10-11,17-18H,3,6-9,12-14H2,1-2H3,(H,25,33)(H,30,31)(H2,26,27,32). The number of nitrogens with one attached hydrogen (secondary N) is 3. The van der Waals surface area contributed by atoms with Crippen molar-refractivity contribution < 1.29 is 32.7 Å². The minimum Gasteiger partial charge on any atom is -0.481 e. The van der Waals surface area contributed by atoms with Gasteiger partial charge in [-0.3, -0.25) is 14.5 Å². The van der Waals surface area contributed by atoms with Crippen molar-refractivity contribution in [3.63, 3.8) is 0 Å². The van der Waals surface area contributed by atoms with Crippen LogP contribution in [0.3, 0.4) is 0 Å². The van der Waals surface area contributed by atoms with Crippen molar-refractivity contribution in [3.05, 3.63) is 41.0 Å². The number of carbonyl (C=O) groups excluding carboxylic acids is 3. The lowest BCUT2D eigenvalue weighted by Crippen LogP contribution is -2.46. The zero-order valence-electron chi connectivity index (χ0n) is 20.4. The van der Waals surface area contributed by atoms with Crippen molar-refractivity contribution in [2.75, 3.05) is 13.1 Å². The van der Waals surface area contributed by atoms with E-state index in [9.17, 15) is 27.6 Å². The fourth-order valence-electron chi connectivity index (χ4n) is 4.49. The highest BCUT2D eigenvalue weighted by molar-refractivity contribution is 7.90. The molecule has 0 atom stereocenters. The average Bonchev–Trinajstić information content (AvgIpc) is 3.12. The Bertz CT molecular complexity index is 1150. The minimum atomic E-state index is -4.09. The van der Waals surface area contributed by atoms with Crippen LogP contribution in [0, 0.1) is 5.92 Å².